The lowest BCUT2D eigenvalue weighted by atomic mass is 10.0. The summed E-state index contributed by atoms with van der Waals surface area (Å²) >= 11 is 0. The van der Waals surface area contributed by atoms with Crippen LogP contribution in [-0.4, -0.2) is 10.9 Å². The van der Waals surface area contributed by atoms with Crippen LogP contribution < -0.4 is 5.73 Å². The van der Waals surface area contributed by atoms with Crippen molar-refractivity contribution in [3.8, 4) is 5.75 Å². The molecule has 3 nitrogen and oxygen atoms in total. The fourth-order valence-corrected chi connectivity index (χ4v) is 1.80. The van der Waals surface area contributed by atoms with Crippen LogP contribution in [0.25, 0.3) is 0 Å². The third-order valence-electron chi connectivity index (χ3n) is 2.87. The number of Topliss-reactive ketones (excluding diaryl/α,β-unsaturated/α-hetero) is 1. The van der Waals surface area contributed by atoms with Crippen LogP contribution in [0.1, 0.15) is 21.5 Å². The molecule has 92 valence electrons. The Bertz CT molecular complexity index is 591. The van der Waals surface area contributed by atoms with Crippen molar-refractivity contribution < 1.29 is 9.90 Å². The predicted octanol–water partition coefficient (Wildman–Crippen LogP) is 2.71. The first-order chi connectivity index (χ1) is 8.56. The van der Waals surface area contributed by atoms with Crippen molar-refractivity contribution in [2.24, 2.45) is 0 Å². The van der Waals surface area contributed by atoms with E-state index in [-0.39, 0.29) is 18.0 Å². The second-order valence-corrected chi connectivity index (χ2v) is 4.34. The number of nitrogens with two attached hydrogens (primary N) is 1. The van der Waals surface area contributed by atoms with Crippen molar-refractivity contribution >= 4 is 11.5 Å². The minimum absolute atomic E-state index is 0.0173. The molecule has 0 radical (unpaired) electrons. The van der Waals surface area contributed by atoms with E-state index in [0.717, 1.165) is 11.1 Å². The zero-order valence-corrected chi connectivity index (χ0v) is 10.2. The Labute approximate surface area is 106 Å². The molecule has 0 spiro atoms. The number of hydrogen-bond donors (Lipinski definition) is 2. The molecule has 2 aromatic rings. The Balaban J connectivity index is 2.19. The summed E-state index contributed by atoms with van der Waals surface area (Å²) in [5.74, 6) is 0.192. The number of nitrogen functional groups attached to an aromatic ring is 1. The van der Waals surface area contributed by atoms with E-state index in [1.54, 1.807) is 36.4 Å². The molecule has 0 saturated carbocycles. The van der Waals surface area contributed by atoms with Crippen LogP contribution >= 0.6 is 0 Å². The second-order valence-electron chi connectivity index (χ2n) is 4.34. The van der Waals surface area contributed by atoms with Crippen LogP contribution in [0.4, 0.5) is 5.69 Å². The lowest BCUT2D eigenvalue weighted by molar-refractivity contribution is 0.0993. The lowest BCUT2D eigenvalue weighted by Crippen LogP contribution is -2.04. The van der Waals surface area contributed by atoms with Crippen molar-refractivity contribution in [2.75, 3.05) is 5.73 Å². The van der Waals surface area contributed by atoms with Gasteiger partial charge in [-0.25, -0.2) is 0 Å². The van der Waals surface area contributed by atoms with Gasteiger partial charge in [0, 0.05) is 17.7 Å². The quantitative estimate of drug-likeness (QED) is 0.641. The highest BCUT2D eigenvalue weighted by atomic mass is 16.3. The molecular formula is C15H15NO2. The number of aromatic hydroxyl groups is 1. The molecule has 0 aromatic heterocycles. The summed E-state index contributed by atoms with van der Waals surface area (Å²) in [6.45, 7) is 1.88. The highest BCUT2D eigenvalue weighted by Gasteiger charge is 2.08. The molecule has 0 aliphatic rings. The number of benzene rings is 2. The van der Waals surface area contributed by atoms with Crippen molar-refractivity contribution in [3.05, 3.63) is 59.2 Å². The van der Waals surface area contributed by atoms with E-state index in [4.69, 9.17) is 5.73 Å². The molecule has 0 atom stereocenters. The number of carbonyl (C=O) groups is 1. The number of hydrogen-bond acceptors (Lipinski definition) is 3. The first-order valence-electron chi connectivity index (χ1n) is 5.73. The third-order valence-corrected chi connectivity index (χ3v) is 2.87. The predicted molar refractivity (Wildman–Crippen MR) is 71.7 cm³/mol. The average molecular weight is 241 g/mol. The summed E-state index contributed by atoms with van der Waals surface area (Å²) in [6.07, 6.45) is 0.276. The fourth-order valence-electron chi connectivity index (χ4n) is 1.80. The molecule has 3 N–H and O–H groups in total. The zero-order chi connectivity index (χ0) is 13.1. The van der Waals surface area contributed by atoms with Crippen LogP contribution in [0.15, 0.2) is 42.5 Å². The summed E-state index contributed by atoms with van der Waals surface area (Å²) in [6, 6.07) is 12.0. The van der Waals surface area contributed by atoms with Gasteiger partial charge in [-0.05, 0) is 48.4 Å². The van der Waals surface area contributed by atoms with Gasteiger partial charge in [0.15, 0.2) is 5.78 Å². The molecule has 0 unspecified atom stereocenters. The maximum absolute atomic E-state index is 12.1. The van der Waals surface area contributed by atoms with Gasteiger partial charge in [-0.3, -0.25) is 4.79 Å². The average Bonchev–Trinajstić information content (AvgIpc) is 2.32. The molecule has 2 rings (SSSR count). The summed E-state index contributed by atoms with van der Waals surface area (Å²) in [5.41, 5.74) is 8.74. The maximum Gasteiger partial charge on any atom is 0.167 e. The van der Waals surface area contributed by atoms with Gasteiger partial charge in [0.25, 0.3) is 0 Å². The van der Waals surface area contributed by atoms with Gasteiger partial charge in [-0.1, -0.05) is 12.1 Å². The van der Waals surface area contributed by atoms with E-state index in [2.05, 4.69) is 0 Å². The van der Waals surface area contributed by atoms with Gasteiger partial charge in [0.05, 0.1) is 0 Å². The SMILES string of the molecule is Cc1cc(C(=O)Cc2cccc(O)c2)ccc1N. The highest BCUT2D eigenvalue weighted by molar-refractivity contribution is 5.98. The van der Waals surface area contributed by atoms with Gasteiger partial charge >= 0.3 is 0 Å². The van der Waals surface area contributed by atoms with E-state index in [9.17, 15) is 9.90 Å². The van der Waals surface area contributed by atoms with E-state index in [0.29, 0.717) is 11.3 Å². The molecule has 0 bridgehead atoms. The highest BCUT2D eigenvalue weighted by Crippen LogP contribution is 2.16. The Morgan fingerprint density at radius 3 is 2.67 bits per heavy atom. The van der Waals surface area contributed by atoms with E-state index >= 15 is 0 Å². The zero-order valence-electron chi connectivity index (χ0n) is 10.2. The number of phenolic OH excluding ortho intramolecular Hbond substituents is 1. The molecular weight excluding hydrogens is 226 g/mol. The molecule has 2 aromatic carbocycles. The number of anilines is 1. The van der Waals surface area contributed by atoms with E-state index in [1.807, 2.05) is 13.0 Å². The monoisotopic (exact) mass is 241 g/mol. The molecule has 0 heterocycles. The smallest absolute Gasteiger partial charge is 0.167 e. The maximum atomic E-state index is 12.1. The number of carbonyl (C=O) groups excluding carboxylic acids is 1. The Morgan fingerprint density at radius 2 is 2.00 bits per heavy atom. The Morgan fingerprint density at radius 1 is 1.22 bits per heavy atom. The standard InChI is InChI=1S/C15H15NO2/c1-10-7-12(5-6-14(10)16)15(18)9-11-3-2-4-13(17)8-11/h2-8,17H,9,16H2,1H3. The Kier molecular flexibility index (Phi) is 3.33. The molecule has 18 heavy (non-hydrogen) atoms. The molecule has 0 saturated heterocycles. The normalized spacial score (nSPS) is 10.3. The van der Waals surface area contributed by atoms with Gasteiger partial charge in [0.2, 0.25) is 0 Å². The summed E-state index contributed by atoms with van der Waals surface area (Å²) in [7, 11) is 0. The first kappa shape index (κ1) is 12.2. The van der Waals surface area contributed by atoms with Gasteiger partial charge in [-0.15, -0.1) is 0 Å². The largest absolute Gasteiger partial charge is 0.508 e. The van der Waals surface area contributed by atoms with Crippen LogP contribution in [0.2, 0.25) is 0 Å². The summed E-state index contributed by atoms with van der Waals surface area (Å²) < 4.78 is 0. The molecule has 3 heteroatoms. The van der Waals surface area contributed by atoms with Crippen LogP contribution in [-0.2, 0) is 6.42 Å². The van der Waals surface area contributed by atoms with Crippen molar-refractivity contribution in [2.45, 2.75) is 13.3 Å². The van der Waals surface area contributed by atoms with Gasteiger partial charge in [0.1, 0.15) is 5.75 Å². The van der Waals surface area contributed by atoms with Crippen LogP contribution in [0, 0.1) is 6.92 Å². The van der Waals surface area contributed by atoms with Crippen LogP contribution in [0.3, 0.4) is 0 Å². The minimum Gasteiger partial charge on any atom is -0.508 e. The molecule has 0 fully saturated rings. The van der Waals surface area contributed by atoms with Crippen molar-refractivity contribution in [1.29, 1.82) is 0 Å². The van der Waals surface area contributed by atoms with Gasteiger partial charge in [-0.2, -0.15) is 0 Å². The summed E-state index contributed by atoms with van der Waals surface area (Å²) in [5, 5.41) is 9.35. The second kappa shape index (κ2) is 4.92. The topological polar surface area (TPSA) is 63.3 Å². The number of rotatable bonds is 3. The van der Waals surface area contributed by atoms with E-state index in [1.165, 1.54) is 0 Å². The lowest BCUT2D eigenvalue weighted by Gasteiger charge is -2.05. The summed E-state index contributed by atoms with van der Waals surface area (Å²) in [4.78, 5) is 12.1. The first-order valence-corrected chi connectivity index (χ1v) is 5.73. The number of phenols is 1. The number of ketones is 1. The fraction of sp³-hybridized carbons (Fsp3) is 0.133. The van der Waals surface area contributed by atoms with Crippen molar-refractivity contribution in [1.82, 2.24) is 0 Å². The molecule has 0 aliphatic heterocycles. The molecule has 0 aliphatic carbocycles. The third kappa shape index (κ3) is 2.69. The molecule has 0 amide bonds. The van der Waals surface area contributed by atoms with Gasteiger partial charge < -0.3 is 10.8 Å². The van der Waals surface area contributed by atoms with E-state index < -0.39 is 0 Å². The minimum atomic E-state index is 0.0173. The van der Waals surface area contributed by atoms with Crippen LogP contribution in [0.5, 0.6) is 5.75 Å². The number of aryl methyl sites for hydroxylation is 1. The Hall–Kier alpha value is -2.29. The van der Waals surface area contributed by atoms with Crippen molar-refractivity contribution in [3.63, 3.8) is 0 Å².